The maximum Gasteiger partial charge on any atom is 0.541 e. The van der Waals surface area contributed by atoms with Crippen molar-refractivity contribution >= 4 is 30.8 Å². The Bertz CT molecular complexity index is 1140. The first-order valence-corrected chi connectivity index (χ1v) is 21.9. The van der Waals surface area contributed by atoms with Gasteiger partial charge in [0.15, 0.2) is 0 Å². The van der Waals surface area contributed by atoms with Gasteiger partial charge in [-0.15, -0.1) is 0 Å². The molecule has 0 radical (unpaired) electrons. The second-order valence-corrected chi connectivity index (χ2v) is 17.0. The van der Waals surface area contributed by atoms with Gasteiger partial charge in [0.1, 0.15) is 35.6 Å². The summed E-state index contributed by atoms with van der Waals surface area (Å²) in [5.41, 5.74) is -9.52. The number of hydrogen-bond donors (Lipinski definition) is 0. The number of rotatable bonds is 32. The fraction of sp³-hybridized carbons (Fsp3) is 0.884. The lowest BCUT2D eigenvalue weighted by Gasteiger charge is -2.53. The molecule has 62 heavy (non-hydrogen) atoms. The molecule has 0 spiro atoms. The van der Waals surface area contributed by atoms with Crippen molar-refractivity contribution in [3.63, 3.8) is 0 Å². The lowest BCUT2D eigenvalue weighted by atomic mass is 9.61. The predicted molar refractivity (Wildman–Crippen MR) is 222 cm³/mol. The molecule has 0 amide bonds. The van der Waals surface area contributed by atoms with Gasteiger partial charge in [0.2, 0.25) is 0 Å². The van der Waals surface area contributed by atoms with E-state index in [0.29, 0.717) is 38.5 Å². The molecule has 0 aromatic rings. The maximum absolute atomic E-state index is 13.9. The van der Waals surface area contributed by atoms with E-state index in [2.05, 4.69) is 0 Å². The van der Waals surface area contributed by atoms with Crippen molar-refractivity contribution in [1.82, 2.24) is 0 Å². The Kier molecular flexibility index (Phi) is 27.0. The number of carbonyl (C=O) groups excluding carboxylic acids is 5. The van der Waals surface area contributed by atoms with Crippen LogP contribution in [0.2, 0.25) is 0 Å². The van der Waals surface area contributed by atoms with E-state index in [-0.39, 0.29) is 39.3 Å². The zero-order valence-electron chi connectivity index (χ0n) is 40.0. The van der Waals surface area contributed by atoms with E-state index in [9.17, 15) is 24.0 Å². The van der Waals surface area contributed by atoms with Crippen molar-refractivity contribution in [2.24, 2.45) is 10.8 Å². The Morgan fingerprint density at radius 1 is 0.339 bits per heavy atom. The summed E-state index contributed by atoms with van der Waals surface area (Å²) in [5.74, 6) is 0. The fourth-order valence-corrected chi connectivity index (χ4v) is 7.22. The van der Waals surface area contributed by atoms with Crippen LogP contribution in [-0.4, -0.2) is 92.8 Å². The normalized spacial score (nSPS) is 12.5. The molecule has 0 saturated heterocycles. The zero-order chi connectivity index (χ0) is 47.5. The average molecular weight is 899 g/mol. The summed E-state index contributed by atoms with van der Waals surface area (Å²) < 4.78 is 35.0. The summed E-state index contributed by atoms with van der Waals surface area (Å²) in [7, 11) is 0. The molecular weight excluding hydrogens is 820 g/mol. The molecule has 0 rings (SSSR count). The zero-order valence-corrected chi connectivity index (χ0v) is 40.0. The van der Waals surface area contributed by atoms with Crippen molar-refractivity contribution in [2.75, 3.05) is 39.6 Å². The highest BCUT2D eigenvalue weighted by atomic mass is 17.2. The van der Waals surface area contributed by atoms with Crippen LogP contribution in [0.15, 0.2) is 0 Å². The van der Waals surface area contributed by atoms with Gasteiger partial charge in [0, 0.05) is 0 Å². The van der Waals surface area contributed by atoms with Gasteiger partial charge in [-0.05, 0) is 93.9 Å². The van der Waals surface area contributed by atoms with E-state index in [4.69, 9.17) is 67.5 Å². The van der Waals surface area contributed by atoms with Gasteiger partial charge in [0.05, 0.1) is 37.3 Å². The molecular formula is C43H78O19. The largest absolute Gasteiger partial charge is 0.541 e. The van der Waals surface area contributed by atoms with E-state index >= 15 is 0 Å². The molecule has 0 unspecified atom stereocenters. The van der Waals surface area contributed by atoms with Crippen LogP contribution in [0.5, 0.6) is 0 Å². The Balaban J connectivity index is 6.99. The van der Waals surface area contributed by atoms with Crippen molar-refractivity contribution in [3.05, 3.63) is 0 Å². The molecule has 364 valence electrons. The third-order valence-electron chi connectivity index (χ3n) is 11.0. The molecule has 0 atom stereocenters. The summed E-state index contributed by atoms with van der Waals surface area (Å²) in [6.45, 7) is 23.2. The molecule has 0 fully saturated rings. The van der Waals surface area contributed by atoms with Gasteiger partial charge in [-0.2, -0.15) is 19.6 Å². The van der Waals surface area contributed by atoms with Crippen LogP contribution in [0.25, 0.3) is 0 Å². The molecule has 19 nitrogen and oxygen atoms in total. The molecule has 0 N–H and O–H groups in total. The number of unbranched alkanes of at least 4 members (excludes halogenated alkanes) is 4. The molecule has 0 aliphatic heterocycles. The molecule has 0 aromatic heterocycles. The third-order valence-corrected chi connectivity index (χ3v) is 11.0. The summed E-state index contributed by atoms with van der Waals surface area (Å²) in [6.07, 6.45) is 0.769. The van der Waals surface area contributed by atoms with Crippen LogP contribution in [0.3, 0.4) is 0 Å². The summed E-state index contributed by atoms with van der Waals surface area (Å²) in [4.78, 5) is 105. The van der Waals surface area contributed by atoms with Crippen LogP contribution >= 0.6 is 0 Å². The second-order valence-electron chi connectivity index (χ2n) is 17.0. The van der Waals surface area contributed by atoms with Crippen molar-refractivity contribution < 1.29 is 91.5 Å². The average Bonchev–Trinajstić information content (AvgIpc) is 3.17. The van der Waals surface area contributed by atoms with Crippen molar-refractivity contribution in [1.29, 1.82) is 0 Å². The summed E-state index contributed by atoms with van der Waals surface area (Å²) in [5, 5.41) is 0. The lowest BCUT2D eigenvalue weighted by Crippen LogP contribution is -2.63. The highest BCUT2D eigenvalue weighted by Gasteiger charge is 2.62. The molecule has 0 bridgehead atoms. The van der Waals surface area contributed by atoms with Gasteiger partial charge in [-0.3, -0.25) is 19.6 Å². The van der Waals surface area contributed by atoms with Gasteiger partial charge < -0.3 is 28.4 Å². The van der Waals surface area contributed by atoms with E-state index in [1.807, 2.05) is 41.5 Å². The van der Waals surface area contributed by atoms with Gasteiger partial charge in [-0.1, -0.05) is 80.1 Å². The minimum Gasteiger partial charge on any atom is -0.433 e. The Morgan fingerprint density at radius 2 is 0.565 bits per heavy atom. The van der Waals surface area contributed by atoms with Crippen molar-refractivity contribution in [2.45, 2.75) is 196 Å². The standard InChI is InChI=1S/C43H78O19/c1-15-21-27-51-59-34(45)55-38(7,8)42(25-19-5,39(9,10)56-35(46)60-52-28-22-16-2)31-49-33(44)50-32-43(26-20-6,40(11,12)57-36(47)61-53-29-23-17-3)41(13,14)58-37(48)62-54-30-24-18-4/h15-32H2,1-14H3. The first-order chi connectivity index (χ1) is 29.0. The molecule has 19 heteroatoms. The number of carbonyl (C=O) groups is 5. The van der Waals surface area contributed by atoms with E-state index in [1.54, 1.807) is 55.4 Å². The van der Waals surface area contributed by atoms with E-state index < -0.39 is 77.2 Å². The van der Waals surface area contributed by atoms with E-state index in [1.165, 1.54) is 0 Å². The smallest absolute Gasteiger partial charge is 0.433 e. The van der Waals surface area contributed by atoms with Crippen LogP contribution in [-0.2, 0) is 67.5 Å². The van der Waals surface area contributed by atoms with Crippen LogP contribution in [0.1, 0.15) is 174 Å². The topological polar surface area (TPSA) is 215 Å². The van der Waals surface area contributed by atoms with Crippen LogP contribution in [0.4, 0.5) is 24.0 Å². The number of hydrogen-bond acceptors (Lipinski definition) is 19. The minimum absolute atomic E-state index is 0.130. The first kappa shape index (κ1) is 58.2. The second kappa shape index (κ2) is 28.8. The summed E-state index contributed by atoms with van der Waals surface area (Å²) >= 11 is 0. The van der Waals surface area contributed by atoms with Crippen LogP contribution in [0, 0.1) is 10.8 Å². The monoisotopic (exact) mass is 899 g/mol. The lowest BCUT2D eigenvalue weighted by molar-refractivity contribution is -0.289. The number of ether oxygens (including phenoxy) is 6. The Labute approximate surface area is 368 Å². The highest BCUT2D eigenvalue weighted by Crippen LogP contribution is 2.52. The highest BCUT2D eigenvalue weighted by molar-refractivity contribution is 5.63. The van der Waals surface area contributed by atoms with Gasteiger partial charge in [0.25, 0.3) is 0 Å². The third kappa shape index (κ3) is 18.5. The predicted octanol–water partition coefficient (Wildman–Crippen LogP) is 11.4. The molecule has 0 aliphatic rings. The Hall–Kier alpha value is -3.81. The molecule has 0 saturated carbocycles. The van der Waals surface area contributed by atoms with Gasteiger partial charge in [-0.25, -0.2) is 24.0 Å². The van der Waals surface area contributed by atoms with Crippen LogP contribution < -0.4 is 0 Å². The van der Waals surface area contributed by atoms with Crippen molar-refractivity contribution in [3.8, 4) is 0 Å². The minimum atomic E-state index is -1.61. The SMILES string of the molecule is CCCCOOC(=O)OC(C)(C)C(CCC)(COC(=O)OCC(CCC)(C(C)(C)OC(=O)OOCCCC)C(C)(C)OC(=O)OOCCCC)C(C)(C)OC(=O)OOCCCC. The molecule has 0 aliphatic carbocycles. The quantitative estimate of drug-likeness (QED) is 0.0202. The fourth-order valence-electron chi connectivity index (χ4n) is 7.22. The molecule has 0 heterocycles. The summed E-state index contributed by atoms with van der Waals surface area (Å²) in [6, 6.07) is 0. The first-order valence-electron chi connectivity index (χ1n) is 21.9. The van der Waals surface area contributed by atoms with Gasteiger partial charge >= 0.3 is 30.8 Å². The molecule has 0 aromatic carbocycles. The maximum atomic E-state index is 13.9. The van der Waals surface area contributed by atoms with E-state index in [0.717, 1.165) is 25.7 Å². The Morgan fingerprint density at radius 3 is 0.758 bits per heavy atom.